The SMILES string of the molecule is CC1(F)CN(CCOc2nc(N3CCN(C=O)CC3)c3cc(Cl)c(-c4cc(O)cc5ccccc45)c(F)c3n2)C1. The van der Waals surface area contributed by atoms with Crippen LogP contribution < -0.4 is 9.64 Å². The molecule has 0 bridgehead atoms. The smallest absolute Gasteiger partial charge is 0.319 e. The van der Waals surface area contributed by atoms with Gasteiger partial charge in [-0.3, -0.25) is 9.69 Å². The second-order valence-electron chi connectivity index (χ2n) is 10.6. The number of hydrogen-bond donors (Lipinski definition) is 1. The lowest BCUT2D eigenvalue weighted by molar-refractivity contribution is -0.118. The van der Waals surface area contributed by atoms with E-state index in [1.807, 2.05) is 34.1 Å². The maximum Gasteiger partial charge on any atom is 0.319 e. The van der Waals surface area contributed by atoms with Gasteiger partial charge in [0.15, 0.2) is 5.82 Å². The molecule has 2 saturated heterocycles. The lowest BCUT2D eigenvalue weighted by Crippen LogP contribution is -2.57. The fraction of sp³-hybridized carbons (Fsp3) is 0.345. The molecule has 208 valence electrons. The molecular weight excluding hydrogens is 540 g/mol. The van der Waals surface area contributed by atoms with Gasteiger partial charge in [-0.25, -0.2) is 8.78 Å². The quantitative estimate of drug-likeness (QED) is 0.326. The molecule has 2 fully saturated rings. The molecule has 2 aliphatic rings. The number of aromatic hydroxyl groups is 1. The summed E-state index contributed by atoms with van der Waals surface area (Å²) < 4.78 is 36.2. The highest BCUT2D eigenvalue weighted by atomic mass is 35.5. The molecule has 0 atom stereocenters. The molecule has 0 spiro atoms. The zero-order chi connectivity index (χ0) is 28.0. The Balaban J connectivity index is 1.43. The molecule has 0 saturated carbocycles. The highest BCUT2D eigenvalue weighted by molar-refractivity contribution is 6.35. The van der Waals surface area contributed by atoms with E-state index in [0.717, 1.165) is 17.2 Å². The monoisotopic (exact) mass is 567 g/mol. The number of fused-ring (bicyclic) bond motifs is 2. The minimum absolute atomic E-state index is 0.00297. The Hall–Kier alpha value is -3.76. The van der Waals surface area contributed by atoms with E-state index in [1.165, 1.54) is 6.07 Å². The normalized spacial score (nSPS) is 17.3. The third-order valence-corrected chi connectivity index (χ3v) is 7.76. The highest BCUT2D eigenvalue weighted by Crippen LogP contribution is 2.42. The number of halogens is 3. The van der Waals surface area contributed by atoms with Crippen molar-refractivity contribution in [2.24, 2.45) is 0 Å². The van der Waals surface area contributed by atoms with E-state index in [9.17, 15) is 14.3 Å². The Morgan fingerprint density at radius 3 is 2.58 bits per heavy atom. The van der Waals surface area contributed by atoms with Gasteiger partial charge in [0.05, 0.1) is 5.02 Å². The van der Waals surface area contributed by atoms with Gasteiger partial charge in [-0.15, -0.1) is 0 Å². The van der Waals surface area contributed by atoms with Crippen LogP contribution in [0.15, 0.2) is 42.5 Å². The second kappa shape index (κ2) is 10.3. The standard InChI is InChI=1S/C29H28ClF2N5O3/c1-29(32)15-36(16-29)10-11-40-28-33-26-22(27(34-28)37-8-6-35(17-38)7-9-37)14-23(30)24(25(26)31)21-13-19(39)12-18-4-2-3-5-20(18)21/h2-5,12-14,17,39H,6-11,15-16H2,1H3. The molecule has 2 aliphatic heterocycles. The van der Waals surface area contributed by atoms with Crippen LogP contribution in [-0.4, -0.2) is 89.4 Å². The van der Waals surface area contributed by atoms with Crippen LogP contribution in [0.5, 0.6) is 11.8 Å². The van der Waals surface area contributed by atoms with Crippen LogP contribution in [0.1, 0.15) is 6.92 Å². The molecule has 3 aromatic carbocycles. The predicted octanol–water partition coefficient (Wildman–Crippen LogP) is 4.65. The summed E-state index contributed by atoms with van der Waals surface area (Å²) in [6.07, 6.45) is 0.810. The number of piperazine rings is 1. The first kappa shape index (κ1) is 26.5. The number of ether oxygens (including phenoxy) is 1. The van der Waals surface area contributed by atoms with Crippen LogP contribution in [0.4, 0.5) is 14.6 Å². The summed E-state index contributed by atoms with van der Waals surface area (Å²) in [7, 11) is 0. The van der Waals surface area contributed by atoms with Crippen LogP contribution in [0.3, 0.4) is 0 Å². The van der Waals surface area contributed by atoms with Crippen molar-refractivity contribution in [1.29, 1.82) is 0 Å². The number of carbonyl (C=O) groups is 1. The minimum Gasteiger partial charge on any atom is -0.508 e. The Morgan fingerprint density at radius 1 is 1.10 bits per heavy atom. The average molecular weight is 568 g/mol. The first-order valence-electron chi connectivity index (χ1n) is 13.1. The maximum atomic E-state index is 16.5. The van der Waals surface area contributed by atoms with Gasteiger partial charge in [0.2, 0.25) is 6.41 Å². The van der Waals surface area contributed by atoms with Gasteiger partial charge < -0.3 is 19.6 Å². The summed E-state index contributed by atoms with van der Waals surface area (Å²) in [4.78, 5) is 25.9. The number of rotatable bonds is 7. The Morgan fingerprint density at radius 2 is 1.85 bits per heavy atom. The van der Waals surface area contributed by atoms with Crippen LogP contribution in [0.2, 0.25) is 5.02 Å². The number of aromatic nitrogens is 2. The largest absolute Gasteiger partial charge is 0.508 e. The molecule has 0 unspecified atom stereocenters. The van der Waals surface area contributed by atoms with E-state index in [1.54, 1.807) is 24.0 Å². The van der Waals surface area contributed by atoms with Gasteiger partial charge in [-0.2, -0.15) is 9.97 Å². The van der Waals surface area contributed by atoms with Crippen molar-refractivity contribution in [1.82, 2.24) is 19.8 Å². The van der Waals surface area contributed by atoms with Gasteiger partial charge in [-0.1, -0.05) is 35.9 Å². The first-order valence-corrected chi connectivity index (χ1v) is 13.5. The molecule has 1 N–H and O–H groups in total. The number of phenols is 1. The number of carbonyl (C=O) groups excluding carboxylic acids is 1. The van der Waals surface area contributed by atoms with E-state index in [0.29, 0.717) is 62.6 Å². The lowest BCUT2D eigenvalue weighted by atomic mass is 9.96. The number of anilines is 1. The number of phenolic OH excluding ortho intramolecular Hbond substituents is 1. The van der Waals surface area contributed by atoms with Gasteiger partial charge in [0.25, 0.3) is 0 Å². The van der Waals surface area contributed by atoms with Crippen LogP contribution in [0.25, 0.3) is 32.8 Å². The number of amides is 1. The first-order chi connectivity index (χ1) is 19.2. The van der Waals surface area contributed by atoms with E-state index < -0.39 is 11.5 Å². The molecule has 8 nitrogen and oxygen atoms in total. The molecule has 0 radical (unpaired) electrons. The van der Waals surface area contributed by atoms with Crippen molar-refractivity contribution in [3.05, 3.63) is 53.3 Å². The number of hydrogen-bond acceptors (Lipinski definition) is 7. The molecule has 1 amide bonds. The van der Waals surface area contributed by atoms with E-state index in [-0.39, 0.29) is 34.5 Å². The van der Waals surface area contributed by atoms with E-state index in [2.05, 4.69) is 9.97 Å². The highest BCUT2D eigenvalue weighted by Gasteiger charge is 2.38. The molecule has 11 heteroatoms. The van der Waals surface area contributed by atoms with Gasteiger partial charge in [0, 0.05) is 56.8 Å². The summed E-state index contributed by atoms with van der Waals surface area (Å²) in [6.45, 7) is 4.88. The Bertz CT molecular complexity index is 1600. The van der Waals surface area contributed by atoms with E-state index >= 15 is 4.39 Å². The summed E-state index contributed by atoms with van der Waals surface area (Å²) in [5.41, 5.74) is -0.602. The molecule has 6 rings (SSSR count). The predicted molar refractivity (Wildman–Crippen MR) is 150 cm³/mol. The molecule has 1 aromatic heterocycles. The Kier molecular flexibility index (Phi) is 6.83. The molecule has 4 aromatic rings. The molecule has 3 heterocycles. The molecular formula is C29H28ClF2N5O3. The van der Waals surface area contributed by atoms with Crippen molar-refractivity contribution < 1.29 is 23.4 Å². The van der Waals surface area contributed by atoms with Crippen molar-refractivity contribution in [2.45, 2.75) is 12.6 Å². The fourth-order valence-corrected chi connectivity index (χ4v) is 5.86. The van der Waals surface area contributed by atoms with Crippen LogP contribution in [-0.2, 0) is 4.79 Å². The number of benzene rings is 3. The summed E-state index contributed by atoms with van der Waals surface area (Å²) >= 11 is 6.74. The van der Waals surface area contributed by atoms with Gasteiger partial charge >= 0.3 is 6.01 Å². The summed E-state index contributed by atoms with van der Waals surface area (Å²) in [5.74, 6) is -0.215. The van der Waals surface area contributed by atoms with Crippen LogP contribution in [0, 0.1) is 5.82 Å². The van der Waals surface area contributed by atoms with Crippen molar-refractivity contribution in [3.8, 4) is 22.9 Å². The fourth-order valence-electron chi connectivity index (χ4n) is 5.56. The molecule has 40 heavy (non-hydrogen) atoms. The third-order valence-electron chi connectivity index (χ3n) is 7.47. The van der Waals surface area contributed by atoms with Gasteiger partial charge in [0.1, 0.15) is 29.4 Å². The van der Waals surface area contributed by atoms with Crippen molar-refractivity contribution in [3.63, 3.8) is 0 Å². The zero-order valence-electron chi connectivity index (χ0n) is 21.9. The van der Waals surface area contributed by atoms with Crippen molar-refractivity contribution >= 4 is 45.5 Å². The second-order valence-corrected chi connectivity index (χ2v) is 11.0. The zero-order valence-corrected chi connectivity index (χ0v) is 22.7. The third kappa shape index (κ3) is 4.97. The number of likely N-dealkylation sites (tertiary alicyclic amines) is 1. The average Bonchev–Trinajstić information content (AvgIpc) is 2.92. The number of alkyl halides is 1. The maximum absolute atomic E-state index is 16.5. The van der Waals surface area contributed by atoms with Crippen molar-refractivity contribution in [2.75, 3.05) is 57.3 Å². The summed E-state index contributed by atoms with van der Waals surface area (Å²) in [6, 6.07) is 12.1. The van der Waals surface area contributed by atoms with Gasteiger partial charge in [-0.05, 0) is 41.5 Å². The topological polar surface area (TPSA) is 82.0 Å². The van der Waals surface area contributed by atoms with Crippen LogP contribution >= 0.6 is 11.6 Å². The lowest BCUT2D eigenvalue weighted by Gasteiger charge is -2.41. The summed E-state index contributed by atoms with van der Waals surface area (Å²) in [5, 5.41) is 12.4. The van der Waals surface area contributed by atoms with E-state index in [4.69, 9.17) is 16.3 Å². The number of nitrogens with zero attached hydrogens (tertiary/aromatic N) is 5. The Labute approximate surface area is 234 Å². The molecule has 0 aliphatic carbocycles. The minimum atomic E-state index is -1.19.